The van der Waals surface area contributed by atoms with Crippen LogP contribution >= 0.6 is 26.3 Å². The summed E-state index contributed by atoms with van der Waals surface area (Å²) in [5.41, 5.74) is 2.47. The molecule has 0 aliphatic carbocycles. The predicted molar refractivity (Wildman–Crippen MR) is 312 cm³/mol. The zero-order valence-corrected chi connectivity index (χ0v) is 49.7. The van der Waals surface area contributed by atoms with Crippen LogP contribution in [-0.2, 0) is 23.4 Å². The summed E-state index contributed by atoms with van der Waals surface area (Å²) in [5.74, 6) is 2.62. The van der Waals surface area contributed by atoms with E-state index in [-0.39, 0.29) is 55.1 Å². The van der Waals surface area contributed by atoms with Gasteiger partial charge in [0.15, 0.2) is 6.61 Å². The van der Waals surface area contributed by atoms with Gasteiger partial charge in [0.1, 0.15) is 18.8 Å². The third-order valence-electron chi connectivity index (χ3n) is 15.1. The number of ether oxygens (including phenoxy) is 4. The fraction of sp³-hybridized carbons (Fsp3) is 0.500. The Bertz CT molecular complexity index is 2220. The van der Waals surface area contributed by atoms with Crippen molar-refractivity contribution in [2.75, 3.05) is 45.4 Å². The summed E-state index contributed by atoms with van der Waals surface area (Å²) in [6, 6.07) is 38.6. The molecule has 8 nitrogen and oxygen atoms in total. The molecule has 1 heterocycles. The number of nitrogens with zero attached hydrogens (tertiary/aromatic N) is 1. The molecule has 0 bridgehead atoms. The van der Waals surface area contributed by atoms with E-state index in [0.29, 0.717) is 40.7 Å². The molecule has 0 N–H and O–H groups in total. The normalized spacial score (nSPS) is 17.5. The molecule has 1 aliphatic rings. The van der Waals surface area contributed by atoms with Crippen molar-refractivity contribution in [3.63, 3.8) is 0 Å². The van der Waals surface area contributed by atoms with Crippen LogP contribution in [0, 0.1) is 35.5 Å². The Balaban J connectivity index is 0.000000573. The van der Waals surface area contributed by atoms with Gasteiger partial charge in [-0.05, 0) is 24.6 Å². The van der Waals surface area contributed by atoms with Gasteiger partial charge < -0.3 is 9.47 Å². The van der Waals surface area contributed by atoms with Crippen molar-refractivity contribution in [3.05, 3.63) is 139 Å². The van der Waals surface area contributed by atoms with Gasteiger partial charge in [-0.25, -0.2) is 0 Å². The van der Waals surface area contributed by atoms with E-state index in [1.807, 2.05) is 0 Å². The van der Waals surface area contributed by atoms with E-state index in [0.717, 1.165) is 25.3 Å². The molecule has 0 aromatic heterocycles. The second-order valence-corrected chi connectivity index (χ2v) is 37.0. The molecule has 71 heavy (non-hydrogen) atoms. The van der Waals surface area contributed by atoms with E-state index in [2.05, 4.69) is 221 Å². The average molecular weight is 1120 g/mol. The number of benzene rings is 4. The second kappa shape index (κ2) is 27.2. The third kappa shape index (κ3) is 15.1. The van der Waals surface area contributed by atoms with E-state index in [9.17, 15) is 9.59 Å². The standard InChI is InChI=1S/C49H76IO3PSi.C11H11NO4/c1-15-16-26-38(3)42(7)43(8)48(53-55(13,14)49(9,10)11)40(5)34-37(2)33-39(4)47(52-36-51-12)41(6)35-54(50,44-27-20-17-21-28-44,45-29-22-18-23-30-45)46-31-24-19-25-32-46;1-15-7-12-9-4-8(5-13)2-3-10(9)16-6-11(12)14/h16-33,38-43,47-48H,15,34-36H2,1-14H3;2-5H,6-7H2,1H3/b26-16-,37-33-;/t38?,39-,40-,41?,42-,43+,47+,48+;/m0./s1. The van der Waals surface area contributed by atoms with Crippen LogP contribution in [0.4, 0.5) is 5.69 Å². The second-order valence-electron chi connectivity index (χ2n) is 21.6. The van der Waals surface area contributed by atoms with Gasteiger partial charge in [-0.2, -0.15) is 0 Å². The first kappa shape index (κ1) is 60.1. The van der Waals surface area contributed by atoms with Crippen molar-refractivity contribution in [2.45, 2.75) is 119 Å². The van der Waals surface area contributed by atoms with Gasteiger partial charge in [0.2, 0.25) is 0 Å². The Labute approximate surface area is 443 Å². The Hall–Kier alpha value is -3.48. The predicted octanol–water partition coefficient (Wildman–Crippen LogP) is 14.2. The van der Waals surface area contributed by atoms with Crippen molar-refractivity contribution in [3.8, 4) is 5.75 Å². The van der Waals surface area contributed by atoms with Crippen LogP contribution in [0.25, 0.3) is 0 Å². The number of amides is 1. The van der Waals surface area contributed by atoms with Crippen molar-refractivity contribution in [2.24, 2.45) is 35.5 Å². The number of allylic oxidation sites excluding steroid dienone is 3. The van der Waals surface area contributed by atoms with Gasteiger partial charge in [-0.15, -0.1) is 0 Å². The van der Waals surface area contributed by atoms with E-state index in [4.69, 9.17) is 23.4 Å². The van der Waals surface area contributed by atoms with Gasteiger partial charge in [-0.1, -0.05) is 46.8 Å². The zero-order chi connectivity index (χ0) is 52.6. The van der Waals surface area contributed by atoms with Crippen LogP contribution in [0.1, 0.15) is 99.4 Å². The summed E-state index contributed by atoms with van der Waals surface area (Å²) in [4.78, 5) is 23.7. The first-order valence-electron chi connectivity index (χ1n) is 25.6. The Morgan fingerprint density at radius 2 is 1.34 bits per heavy atom. The Morgan fingerprint density at radius 1 is 0.789 bits per heavy atom. The van der Waals surface area contributed by atoms with Crippen molar-refractivity contribution >= 4 is 68.4 Å². The number of anilines is 1. The number of methoxy groups -OCH3 is 2. The summed E-state index contributed by atoms with van der Waals surface area (Å²) in [6.45, 7) is 31.3. The number of rotatable bonds is 24. The van der Waals surface area contributed by atoms with E-state index in [1.54, 1.807) is 25.3 Å². The molecule has 2 unspecified atom stereocenters. The Morgan fingerprint density at radius 3 is 1.82 bits per heavy atom. The minimum absolute atomic E-state index is 0.00318. The molecule has 4 aromatic rings. The number of carbonyl (C=O) groups excluding carboxylic acids is 2. The van der Waals surface area contributed by atoms with Crippen LogP contribution in [0.2, 0.25) is 18.1 Å². The maximum Gasteiger partial charge on any atom is 0.266 e. The number of halogens is 1. The molecule has 1 amide bonds. The number of aldehydes is 1. The molecule has 0 saturated heterocycles. The van der Waals surface area contributed by atoms with E-state index in [1.165, 1.54) is 33.5 Å². The fourth-order valence-corrected chi connectivity index (χ4v) is 21.4. The summed E-state index contributed by atoms with van der Waals surface area (Å²) in [6.07, 6.45) is 11.1. The largest absolute Gasteiger partial charge is 0.482 e. The maximum absolute atomic E-state index is 11.6. The summed E-state index contributed by atoms with van der Waals surface area (Å²) >= 11 is 2.92. The molecule has 4 aromatic carbocycles. The van der Waals surface area contributed by atoms with E-state index >= 15 is 0 Å². The first-order valence-corrected chi connectivity index (χ1v) is 33.7. The van der Waals surface area contributed by atoms with Crippen LogP contribution < -0.4 is 25.6 Å². The zero-order valence-electron chi connectivity index (χ0n) is 45.7. The molecular weight excluding hydrogens is 1030 g/mol. The molecular formula is C60H87INO7PSi. The molecule has 1 aliphatic heterocycles. The van der Waals surface area contributed by atoms with Gasteiger partial charge in [0, 0.05) is 12.7 Å². The number of fused-ring (bicyclic) bond motifs is 1. The average Bonchev–Trinajstić information content (AvgIpc) is 3.35. The maximum atomic E-state index is 11.6. The smallest absolute Gasteiger partial charge is 0.266 e. The molecule has 0 saturated carbocycles. The molecule has 0 radical (unpaired) electrons. The Kier molecular flexibility index (Phi) is 23.0. The summed E-state index contributed by atoms with van der Waals surface area (Å²) < 4.78 is 26.9. The number of hydrogen-bond acceptors (Lipinski definition) is 7. The topological polar surface area (TPSA) is 83.5 Å². The molecule has 0 spiro atoms. The van der Waals surface area contributed by atoms with Gasteiger partial charge in [0.05, 0.1) is 5.69 Å². The minimum Gasteiger partial charge on any atom is -0.482 e. The summed E-state index contributed by atoms with van der Waals surface area (Å²) in [5, 5.41) is 4.34. The van der Waals surface area contributed by atoms with Crippen LogP contribution in [0.3, 0.4) is 0 Å². The molecule has 5 rings (SSSR count). The van der Waals surface area contributed by atoms with Gasteiger partial charge in [0.25, 0.3) is 5.91 Å². The van der Waals surface area contributed by atoms with Crippen LogP contribution in [0.15, 0.2) is 133 Å². The van der Waals surface area contributed by atoms with Crippen LogP contribution in [-0.4, -0.2) is 73.2 Å². The third-order valence-corrected chi connectivity index (χ3v) is 31.2. The van der Waals surface area contributed by atoms with Gasteiger partial charge >= 0.3 is 301 Å². The molecule has 390 valence electrons. The number of carbonyl (C=O) groups is 2. The molecule has 11 heteroatoms. The number of hydrogen-bond donors (Lipinski definition) is 0. The quantitative estimate of drug-likeness (QED) is 0.0173. The summed E-state index contributed by atoms with van der Waals surface area (Å²) in [7, 11) is 1.22. The molecule has 8 atom stereocenters. The van der Waals surface area contributed by atoms with Crippen molar-refractivity contribution < 1.29 is 33.0 Å². The van der Waals surface area contributed by atoms with Crippen LogP contribution in [0.5, 0.6) is 5.75 Å². The monoisotopic (exact) mass is 1120 g/mol. The van der Waals surface area contributed by atoms with Crippen molar-refractivity contribution in [1.29, 1.82) is 0 Å². The fourth-order valence-electron chi connectivity index (χ4n) is 9.97. The first-order chi connectivity index (χ1) is 33.6. The van der Waals surface area contributed by atoms with Crippen molar-refractivity contribution in [1.82, 2.24) is 0 Å². The van der Waals surface area contributed by atoms with E-state index < -0.39 is 12.6 Å². The SMILES string of the molecule is CC/C=C\C(C)[C@H](C)[C@@H](C)[C@H](O[Si](C)(C)C(C)(C)C)[C@@H](C)C/C(C)=C\[C@H](C)[C@@H](OCOC)C(C)CP(I)(c1ccccc1)(c1ccccc1)c1ccccc1.COCN1C(=O)COc2ccc(C=O)cc21. The van der Waals surface area contributed by atoms with Gasteiger partial charge in [-0.3, -0.25) is 14.5 Å². The molecule has 0 fully saturated rings. The minimum atomic E-state index is -3.01.